The smallest absolute Gasteiger partial charge is 0.253 e. The van der Waals surface area contributed by atoms with Gasteiger partial charge in [0.2, 0.25) is 0 Å². The van der Waals surface area contributed by atoms with Gasteiger partial charge in [-0.25, -0.2) is 15.0 Å². The number of nitrogens with zero attached hydrogens (tertiary/aromatic N) is 8. The highest BCUT2D eigenvalue weighted by molar-refractivity contribution is 5.78. The number of hydrogen-bond donors (Lipinski definition) is 0. The number of rotatable bonds is 2. The van der Waals surface area contributed by atoms with Gasteiger partial charge < -0.3 is 0 Å². The summed E-state index contributed by atoms with van der Waals surface area (Å²) in [6.45, 7) is 0. The first-order valence-electron chi connectivity index (χ1n) is 8.18. The Morgan fingerprint density at radius 3 is 2.88 bits per heavy atom. The zero-order valence-electron chi connectivity index (χ0n) is 13.1. The molecular weight excluding hydrogens is 323 g/mol. The van der Waals surface area contributed by atoms with Crippen molar-refractivity contribution >= 4 is 12.2 Å². The maximum Gasteiger partial charge on any atom is 0.295 e. The third kappa shape index (κ3) is 1.64. The molecule has 3 aliphatic rings. The standard InChI is InChI=1S/C16H13FN8/c17-16-18-8-14-23(16)12-4-2-1-3-11(12)15-19-9-22(24(14)15)25-13(7-20-21-25)10-5-6-10/h1-4,7-10,15H,5-6H2. The summed E-state index contributed by atoms with van der Waals surface area (Å²) in [4.78, 5) is 10.3. The topological polar surface area (TPSA) is 67.4 Å². The molecule has 1 unspecified atom stereocenters. The van der Waals surface area contributed by atoms with Crippen LogP contribution in [0.3, 0.4) is 0 Å². The molecule has 1 fully saturated rings. The third-order valence-corrected chi connectivity index (χ3v) is 4.90. The first-order valence-corrected chi connectivity index (χ1v) is 8.18. The van der Waals surface area contributed by atoms with Gasteiger partial charge in [0.15, 0.2) is 12.0 Å². The van der Waals surface area contributed by atoms with Crippen LogP contribution in [0.1, 0.15) is 36.2 Å². The third-order valence-electron chi connectivity index (χ3n) is 4.90. The predicted octanol–water partition coefficient (Wildman–Crippen LogP) is 1.89. The molecule has 1 saturated carbocycles. The Kier molecular flexibility index (Phi) is 2.33. The number of para-hydroxylation sites is 1. The van der Waals surface area contributed by atoms with Gasteiger partial charge in [-0.15, -0.1) is 9.89 Å². The number of hydrazine groups is 1. The number of fused-ring (bicyclic) bond motifs is 6. The summed E-state index contributed by atoms with van der Waals surface area (Å²) in [5.41, 5.74) is 2.71. The minimum absolute atomic E-state index is 0.281. The molecule has 2 aromatic heterocycles. The van der Waals surface area contributed by atoms with Crippen molar-refractivity contribution in [3.8, 4) is 5.69 Å². The fourth-order valence-corrected chi connectivity index (χ4v) is 3.60. The van der Waals surface area contributed by atoms with E-state index in [-0.39, 0.29) is 6.17 Å². The van der Waals surface area contributed by atoms with E-state index in [2.05, 4.69) is 20.3 Å². The molecule has 2 aliphatic heterocycles. The van der Waals surface area contributed by atoms with Crippen molar-refractivity contribution in [3.05, 3.63) is 54.0 Å². The van der Waals surface area contributed by atoms with Crippen molar-refractivity contribution in [3.63, 3.8) is 0 Å². The van der Waals surface area contributed by atoms with Crippen LogP contribution in [-0.4, -0.2) is 31.0 Å². The second-order valence-corrected chi connectivity index (χ2v) is 6.41. The van der Waals surface area contributed by atoms with Crippen LogP contribution < -0.4 is 10.1 Å². The van der Waals surface area contributed by atoms with E-state index in [1.807, 2.05) is 29.3 Å². The molecule has 25 heavy (non-hydrogen) atoms. The molecular formula is C16H13FN8. The van der Waals surface area contributed by atoms with E-state index in [4.69, 9.17) is 0 Å². The average molecular weight is 336 g/mol. The molecule has 1 aliphatic carbocycles. The summed E-state index contributed by atoms with van der Waals surface area (Å²) < 4.78 is 15.9. The van der Waals surface area contributed by atoms with Crippen molar-refractivity contribution < 1.29 is 4.39 Å². The van der Waals surface area contributed by atoms with Gasteiger partial charge in [-0.1, -0.05) is 18.2 Å². The summed E-state index contributed by atoms with van der Waals surface area (Å²) >= 11 is 0. The molecule has 0 saturated heterocycles. The quantitative estimate of drug-likeness (QED) is 0.715. The Bertz CT molecular complexity index is 1020. The van der Waals surface area contributed by atoms with Crippen LogP contribution in [0.5, 0.6) is 0 Å². The molecule has 1 aromatic carbocycles. The Morgan fingerprint density at radius 1 is 1.12 bits per heavy atom. The molecule has 1 atom stereocenters. The Hall–Kier alpha value is -3.23. The molecule has 124 valence electrons. The highest BCUT2D eigenvalue weighted by atomic mass is 19.1. The molecule has 3 aromatic rings. The second-order valence-electron chi connectivity index (χ2n) is 6.41. The monoisotopic (exact) mass is 336 g/mol. The van der Waals surface area contributed by atoms with E-state index in [1.165, 1.54) is 10.8 Å². The minimum atomic E-state index is -0.547. The number of aromatic nitrogens is 5. The molecule has 0 bridgehead atoms. The maximum absolute atomic E-state index is 14.4. The summed E-state index contributed by atoms with van der Waals surface area (Å²) in [5, 5.41) is 12.0. The Balaban J connectivity index is 1.54. The van der Waals surface area contributed by atoms with E-state index >= 15 is 0 Å². The molecule has 4 heterocycles. The predicted molar refractivity (Wildman–Crippen MR) is 87.4 cm³/mol. The van der Waals surface area contributed by atoms with Gasteiger partial charge in [0.25, 0.3) is 6.08 Å². The number of aliphatic imine (C=N–C) groups is 1. The van der Waals surface area contributed by atoms with Crippen LogP contribution in [0.15, 0.2) is 41.7 Å². The van der Waals surface area contributed by atoms with Crippen molar-refractivity contribution in [2.24, 2.45) is 4.99 Å². The number of imidazole rings is 1. The first kappa shape index (κ1) is 13.1. The lowest BCUT2D eigenvalue weighted by atomic mass is 10.1. The van der Waals surface area contributed by atoms with Crippen LogP contribution in [0, 0.1) is 6.08 Å². The van der Waals surface area contributed by atoms with Gasteiger partial charge in [-0.3, -0.25) is 4.57 Å². The highest BCUT2D eigenvalue weighted by Gasteiger charge is 2.41. The van der Waals surface area contributed by atoms with Crippen molar-refractivity contribution in [2.75, 3.05) is 10.1 Å². The maximum atomic E-state index is 14.4. The van der Waals surface area contributed by atoms with E-state index in [0.29, 0.717) is 11.7 Å². The number of hydrogen-bond acceptors (Lipinski definition) is 6. The summed E-state index contributed by atoms with van der Waals surface area (Å²) in [7, 11) is 0. The SMILES string of the molecule is Fc1ncc2n1-c1ccccc1C1N=CN(n3nncc3C3CC3)N21. The molecule has 6 rings (SSSR count). The molecule has 0 radical (unpaired) electrons. The molecule has 8 nitrogen and oxygen atoms in total. The number of anilines is 1. The van der Waals surface area contributed by atoms with E-state index in [9.17, 15) is 4.39 Å². The van der Waals surface area contributed by atoms with Crippen molar-refractivity contribution in [1.29, 1.82) is 0 Å². The largest absolute Gasteiger partial charge is 0.295 e. The lowest BCUT2D eigenvalue weighted by Gasteiger charge is -2.37. The van der Waals surface area contributed by atoms with Crippen LogP contribution in [0.2, 0.25) is 0 Å². The van der Waals surface area contributed by atoms with Gasteiger partial charge in [-0.05, 0) is 24.1 Å². The Morgan fingerprint density at radius 2 is 2.00 bits per heavy atom. The zero-order valence-corrected chi connectivity index (χ0v) is 13.1. The molecule has 0 spiro atoms. The lowest BCUT2D eigenvalue weighted by Crippen LogP contribution is -2.50. The van der Waals surface area contributed by atoms with E-state index in [0.717, 1.165) is 29.8 Å². The first-order chi connectivity index (χ1) is 12.3. The van der Waals surface area contributed by atoms with Gasteiger partial charge >= 0.3 is 0 Å². The highest BCUT2D eigenvalue weighted by Crippen LogP contribution is 2.43. The number of benzene rings is 1. The van der Waals surface area contributed by atoms with Crippen molar-refractivity contribution in [2.45, 2.75) is 24.9 Å². The summed E-state index contributed by atoms with van der Waals surface area (Å²) in [5.74, 6) is 1.08. The van der Waals surface area contributed by atoms with Gasteiger partial charge in [0.05, 0.1) is 23.8 Å². The van der Waals surface area contributed by atoms with Crippen LogP contribution in [0.4, 0.5) is 10.2 Å². The summed E-state index contributed by atoms with van der Waals surface area (Å²) in [6.07, 6.45) is 6.46. The van der Waals surface area contributed by atoms with Crippen LogP contribution in [-0.2, 0) is 0 Å². The van der Waals surface area contributed by atoms with Gasteiger partial charge in [0.1, 0.15) is 6.34 Å². The fraction of sp³-hybridized carbons (Fsp3) is 0.250. The van der Waals surface area contributed by atoms with Gasteiger partial charge in [0, 0.05) is 11.5 Å². The van der Waals surface area contributed by atoms with E-state index in [1.54, 1.807) is 22.4 Å². The molecule has 0 N–H and O–H groups in total. The average Bonchev–Trinajstić information content (AvgIpc) is 3.05. The Labute approximate surface area is 141 Å². The normalized spacial score (nSPS) is 20.6. The zero-order chi connectivity index (χ0) is 16.5. The van der Waals surface area contributed by atoms with Gasteiger partial charge in [-0.2, -0.15) is 9.51 Å². The van der Waals surface area contributed by atoms with Crippen LogP contribution >= 0.6 is 0 Å². The number of halogens is 1. The lowest BCUT2D eigenvalue weighted by molar-refractivity contribution is 0.491. The molecule has 0 amide bonds. The van der Waals surface area contributed by atoms with Crippen molar-refractivity contribution in [1.82, 2.24) is 24.7 Å². The molecule has 9 heteroatoms. The second kappa shape index (κ2) is 4.44. The summed E-state index contributed by atoms with van der Waals surface area (Å²) in [6, 6.07) is 7.65. The fourth-order valence-electron chi connectivity index (χ4n) is 3.60. The van der Waals surface area contributed by atoms with E-state index < -0.39 is 6.08 Å². The van der Waals surface area contributed by atoms with Crippen LogP contribution in [0.25, 0.3) is 5.69 Å². The minimum Gasteiger partial charge on any atom is -0.253 e.